The van der Waals surface area contributed by atoms with Gasteiger partial charge in [0.1, 0.15) is 5.69 Å². The lowest BCUT2D eigenvalue weighted by atomic mass is 9.89. The van der Waals surface area contributed by atoms with Crippen LogP contribution in [-0.2, 0) is 30.2 Å². The zero-order valence-corrected chi connectivity index (χ0v) is 31.5. The van der Waals surface area contributed by atoms with Crippen molar-refractivity contribution in [3.8, 4) is 11.1 Å². The smallest absolute Gasteiger partial charge is 0.360 e. The molecule has 1 heterocycles. The predicted molar refractivity (Wildman–Crippen MR) is 205 cm³/mol. The van der Waals surface area contributed by atoms with Gasteiger partial charge in [0.2, 0.25) is 6.29 Å². The minimum absolute atomic E-state index is 0.00748. The molecule has 0 bridgehead atoms. The predicted octanol–water partition coefficient (Wildman–Crippen LogP) is 6.40. The molecule has 12 heteroatoms. The molecule has 1 aliphatic rings. The summed E-state index contributed by atoms with van der Waals surface area (Å²) in [7, 11) is 0. The van der Waals surface area contributed by atoms with Crippen molar-refractivity contribution in [3.63, 3.8) is 0 Å². The molecule has 12 nitrogen and oxygen atoms in total. The van der Waals surface area contributed by atoms with Crippen molar-refractivity contribution < 1.29 is 38.2 Å². The Bertz CT molecular complexity index is 1880. The number of nitrogens with two attached hydrogens (primary N) is 1. The summed E-state index contributed by atoms with van der Waals surface area (Å²) in [5.74, 6) is -2.75. The fraction of sp³-hybridized carbons (Fsp3) is 0.405. The van der Waals surface area contributed by atoms with E-state index in [4.69, 9.17) is 25.4 Å². The molecule has 2 aromatic carbocycles. The molecule has 286 valence electrons. The molecule has 0 aliphatic heterocycles. The van der Waals surface area contributed by atoms with Crippen LogP contribution in [0.15, 0.2) is 55.1 Å². The molecule has 1 unspecified atom stereocenters. The van der Waals surface area contributed by atoms with Crippen LogP contribution in [-0.4, -0.2) is 66.3 Å². The molecule has 1 atom stereocenters. The van der Waals surface area contributed by atoms with Gasteiger partial charge in [0.15, 0.2) is 11.5 Å². The Balaban J connectivity index is 1.61. The second kappa shape index (κ2) is 19.5. The highest BCUT2D eigenvalue weighted by molar-refractivity contribution is 6.09. The van der Waals surface area contributed by atoms with E-state index >= 15 is 0 Å². The Kier molecular flexibility index (Phi) is 14.9. The number of amides is 1. The summed E-state index contributed by atoms with van der Waals surface area (Å²) < 4.78 is 16.0. The molecule has 0 saturated heterocycles. The first-order chi connectivity index (χ1) is 25.8. The number of benzene rings is 2. The van der Waals surface area contributed by atoms with Crippen LogP contribution in [0.3, 0.4) is 0 Å². The maximum absolute atomic E-state index is 14.1. The van der Waals surface area contributed by atoms with Crippen LogP contribution >= 0.6 is 0 Å². The van der Waals surface area contributed by atoms with Gasteiger partial charge in [0.25, 0.3) is 5.91 Å². The number of ketones is 1. The number of nitrogens with one attached hydrogen (secondary N) is 2. The van der Waals surface area contributed by atoms with Crippen LogP contribution in [0, 0.1) is 24.2 Å². The van der Waals surface area contributed by atoms with Crippen LogP contribution in [0.2, 0.25) is 0 Å². The molecular weight excluding hydrogens is 688 g/mol. The molecular formula is C42H50N4O8. The maximum atomic E-state index is 14.1. The van der Waals surface area contributed by atoms with Gasteiger partial charge in [-0.1, -0.05) is 56.8 Å². The summed E-state index contributed by atoms with van der Waals surface area (Å²) in [5, 5.41) is 11.2. The van der Waals surface area contributed by atoms with E-state index in [1.807, 2.05) is 6.92 Å². The minimum Gasteiger partial charge on any atom is -0.465 e. The fourth-order valence-corrected chi connectivity index (χ4v) is 5.55. The Morgan fingerprint density at radius 1 is 0.981 bits per heavy atom. The summed E-state index contributed by atoms with van der Waals surface area (Å²) in [4.78, 5) is 69.7. The zero-order valence-electron chi connectivity index (χ0n) is 31.5. The third-order valence-electron chi connectivity index (χ3n) is 8.91. The number of rotatable bonds is 20. The molecule has 1 saturated carbocycles. The lowest BCUT2D eigenvalue weighted by Gasteiger charge is -2.18. The average molecular weight is 739 g/mol. The molecule has 0 radical (unpaired) electrons. The first kappa shape index (κ1) is 41.3. The van der Waals surface area contributed by atoms with Crippen molar-refractivity contribution in [2.24, 2.45) is 17.6 Å². The number of nitrogens with zero attached hydrogens (tertiary/aromatic N) is 1. The molecule has 0 spiro atoms. The number of hydrogen-bond donors (Lipinski definition) is 3. The Morgan fingerprint density at radius 2 is 1.70 bits per heavy atom. The van der Waals surface area contributed by atoms with Gasteiger partial charge >= 0.3 is 17.9 Å². The molecule has 4 rings (SSSR count). The maximum Gasteiger partial charge on any atom is 0.360 e. The van der Waals surface area contributed by atoms with E-state index in [-0.39, 0.29) is 53.5 Å². The zero-order chi connectivity index (χ0) is 39.4. The van der Waals surface area contributed by atoms with Crippen LogP contribution in [0.1, 0.15) is 113 Å². The number of aryl methyl sites for hydroxylation is 1. The van der Waals surface area contributed by atoms with Gasteiger partial charge in [-0.2, -0.15) is 0 Å². The summed E-state index contributed by atoms with van der Waals surface area (Å²) in [6.07, 6.45) is 4.70. The second-order valence-electron chi connectivity index (χ2n) is 13.8. The number of aromatic nitrogens is 1. The van der Waals surface area contributed by atoms with Gasteiger partial charge in [-0.15, -0.1) is 0 Å². The third-order valence-corrected chi connectivity index (χ3v) is 8.91. The Labute approximate surface area is 316 Å². The lowest BCUT2D eigenvalue weighted by Crippen LogP contribution is -2.28. The SMILES string of the molecule is C=Cc1cc(C(=O)Cc2ccc(C(=N)CC(=O)OCCCCCN)cc2)c(-c2ccc(C(=O)NCC3CC3)nc2C(=O)OC(C)OC(=O)C(C)C)cc1C. The second-order valence-corrected chi connectivity index (χ2v) is 13.8. The van der Waals surface area contributed by atoms with Crippen LogP contribution in [0.4, 0.5) is 0 Å². The van der Waals surface area contributed by atoms with E-state index in [0.717, 1.165) is 37.7 Å². The van der Waals surface area contributed by atoms with E-state index < -0.39 is 36.0 Å². The van der Waals surface area contributed by atoms with Crippen molar-refractivity contribution in [3.05, 3.63) is 94.3 Å². The molecule has 1 aromatic heterocycles. The van der Waals surface area contributed by atoms with Gasteiger partial charge in [0, 0.05) is 36.7 Å². The summed E-state index contributed by atoms with van der Waals surface area (Å²) >= 11 is 0. The molecule has 3 aromatic rings. The number of Topliss-reactive ketones (excluding diaryl/α,β-unsaturated/α-hetero) is 1. The number of carbonyl (C=O) groups excluding carboxylic acids is 5. The van der Waals surface area contributed by atoms with Gasteiger partial charge in [-0.25, -0.2) is 9.78 Å². The molecule has 1 aliphatic carbocycles. The number of esters is 3. The first-order valence-electron chi connectivity index (χ1n) is 18.3. The topological polar surface area (TPSA) is 188 Å². The number of hydrogen-bond acceptors (Lipinski definition) is 11. The summed E-state index contributed by atoms with van der Waals surface area (Å²) in [6.45, 7) is 11.8. The standard InChI is InChI=1S/C42H50N4O8/c1-6-30-22-34(37(47)21-28-12-14-31(15-13-28)35(44)23-38(48)52-19-9-7-8-18-43)33(20-26(30)4)32-16-17-36(40(49)45-24-29-10-11-29)46-39(32)42(51)54-27(5)53-41(50)25(2)3/h6,12-17,20,22,25,27,29,44H,1,7-11,18-19,21,23-24,43H2,2-5H3,(H,45,49). The van der Waals surface area contributed by atoms with Crippen LogP contribution < -0.4 is 11.1 Å². The van der Waals surface area contributed by atoms with E-state index in [9.17, 15) is 24.0 Å². The number of carbonyl (C=O) groups is 5. The lowest BCUT2D eigenvalue weighted by molar-refractivity contribution is -0.169. The highest BCUT2D eigenvalue weighted by Gasteiger charge is 2.27. The van der Waals surface area contributed by atoms with Crippen molar-refractivity contribution in [2.45, 2.75) is 78.9 Å². The minimum atomic E-state index is -1.25. The molecule has 1 amide bonds. The van der Waals surface area contributed by atoms with Crippen molar-refractivity contribution in [2.75, 3.05) is 19.7 Å². The molecule has 4 N–H and O–H groups in total. The van der Waals surface area contributed by atoms with E-state index in [0.29, 0.717) is 41.3 Å². The van der Waals surface area contributed by atoms with E-state index in [1.165, 1.54) is 13.0 Å². The quantitative estimate of drug-likeness (QED) is 0.0385. The fourth-order valence-electron chi connectivity index (χ4n) is 5.55. The molecule has 54 heavy (non-hydrogen) atoms. The van der Waals surface area contributed by atoms with Crippen molar-refractivity contribution in [1.29, 1.82) is 5.41 Å². The summed E-state index contributed by atoms with van der Waals surface area (Å²) in [6, 6.07) is 13.3. The van der Waals surface area contributed by atoms with Crippen LogP contribution in [0.5, 0.6) is 0 Å². The number of pyridine rings is 1. The van der Waals surface area contributed by atoms with Gasteiger partial charge < -0.3 is 30.7 Å². The Hall–Kier alpha value is -5.49. The van der Waals surface area contributed by atoms with Gasteiger partial charge in [-0.3, -0.25) is 19.2 Å². The monoisotopic (exact) mass is 738 g/mol. The normalized spacial score (nSPS) is 12.8. The highest BCUT2D eigenvalue weighted by atomic mass is 16.7. The van der Waals surface area contributed by atoms with Gasteiger partial charge in [0.05, 0.1) is 18.9 Å². The van der Waals surface area contributed by atoms with Crippen molar-refractivity contribution in [1.82, 2.24) is 10.3 Å². The largest absolute Gasteiger partial charge is 0.465 e. The Morgan fingerprint density at radius 3 is 2.35 bits per heavy atom. The van der Waals surface area contributed by atoms with Gasteiger partial charge in [-0.05, 0) is 97.5 Å². The van der Waals surface area contributed by atoms with E-state index in [2.05, 4.69) is 16.9 Å². The number of unbranched alkanes of at least 4 members (excludes halogenated alkanes) is 2. The van der Waals surface area contributed by atoms with E-state index in [1.54, 1.807) is 62.4 Å². The van der Waals surface area contributed by atoms with Crippen molar-refractivity contribution >= 4 is 41.4 Å². The third kappa shape index (κ3) is 11.8. The molecule has 1 fully saturated rings. The van der Waals surface area contributed by atoms with Crippen LogP contribution in [0.25, 0.3) is 17.2 Å². The average Bonchev–Trinajstić information content (AvgIpc) is 3.98. The highest BCUT2D eigenvalue weighted by Crippen LogP contribution is 2.32. The summed E-state index contributed by atoms with van der Waals surface area (Å²) in [5.41, 5.74) is 8.95. The number of ether oxygens (including phenoxy) is 3. The first-order valence-corrected chi connectivity index (χ1v) is 18.3.